The number of anilines is 2. The first kappa shape index (κ1) is 22.9. The number of methoxy groups -OCH3 is 1. The molecule has 0 aromatic heterocycles. The van der Waals surface area contributed by atoms with Crippen molar-refractivity contribution in [2.45, 2.75) is 32.4 Å². The summed E-state index contributed by atoms with van der Waals surface area (Å²) in [6.07, 6.45) is 0.473. The lowest BCUT2D eigenvalue weighted by molar-refractivity contribution is 0.0973. The molecule has 3 aromatic carbocycles. The van der Waals surface area contributed by atoms with Gasteiger partial charge in [-0.1, -0.05) is 42.5 Å². The Bertz CT molecular complexity index is 1240. The third-order valence-corrected chi connectivity index (χ3v) is 7.85. The fraction of sp³-hybridized carbons (Fsp3) is 0.269. The second-order valence-electron chi connectivity index (χ2n) is 8.10. The minimum atomic E-state index is -3.56. The maximum absolute atomic E-state index is 13.6. The topological polar surface area (TPSA) is 66.9 Å². The summed E-state index contributed by atoms with van der Waals surface area (Å²) in [6.45, 7) is 3.62. The van der Waals surface area contributed by atoms with Crippen LogP contribution in [-0.2, 0) is 10.0 Å². The van der Waals surface area contributed by atoms with Crippen LogP contribution in [0.3, 0.4) is 0 Å². The Balaban J connectivity index is 1.82. The number of hydrogen-bond donors (Lipinski definition) is 0. The van der Waals surface area contributed by atoms with Crippen LogP contribution in [0.2, 0.25) is 0 Å². The van der Waals surface area contributed by atoms with Gasteiger partial charge in [0.15, 0.2) is 0 Å². The van der Waals surface area contributed by atoms with Gasteiger partial charge in [0.25, 0.3) is 5.91 Å². The summed E-state index contributed by atoms with van der Waals surface area (Å²) >= 11 is 0. The minimum Gasteiger partial charge on any atom is -0.497 e. The van der Waals surface area contributed by atoms with Crippen molar-refractivity contribution in [2.75, 3.05) is 22.1 Å². The Hall–Kier alpha value is -3.32. The Labute approximate surface area is 195 Å². The van der Waals surface area contributed by atoms with Gasteiger partial charge in [0.05, 0.1) is 24.6 Å². The van der Waals surface area contributed by atoms with Crippen molar-refractivity contribution in [2.24, 2.45) is 0 Å². The summed E-state index contributed by atoms with van der Waals surface area (Å²) in [6, 6.07) is 23.2. The third-order valence-electron chi connectivity index (χ3n) is 6.05. The van der Waals surface area contributed by atoms with E-state index >= 15 is 0 Å². The normalized spacial score (nSPS) is 17.8. The maximum Gasteiger partial charge on any atom is 0.258 e. The fourth-order valence-electron chi connectivity index (χ4n) is 4.46. The molecule has 172 valence electrons. The summed E-state index contributed by atoms with van der Waals surface area (Å²) in [5, 5.41) is 0. The van der Waals surface area contributed by atoms with Gasteiger partial charge in [-0.05, 0) is 62.2 Å². The SMILES string of the molecule is CCS(=O)(=O)N(c1ccccc1)C1CC(C)N(C(=O)c2cccc(OC)c2)c2ccccc21. The molecular formula is C26H28N2O4S. The highest BCUT2D eigenvalue weighted by atomic mass is 32.2. The molecule has 33 heavy (non-hydrogen) atoms. The van der Waals surface area contributed by atoms with E-state index in [1.807, 2.05) is 61.5 Å². The molecule has 2 atom stereocenters. The number of hydrogen-bond acceptors (Lipinski definition) is 4. The monoisotopic (exact) mass is 464 g/mol. The molecule has 0 bridgehead atoms. The average molecular weight is 465 g/mol. The van der Waals surface area contributed by atoms with Gasteiger partial charge in [0.1, 0.15) is 5.75 Å². The number of carbonyl (C=O) groups is 1. The van der Waals surface area contributed by atoms with Gasteiger partial charge in [-0.15, -0.1) is 0 Å². The summed E-state index contributed by atoms with van der Waals surface area (Å²) in [5.74, 6) is 0.458. The molecule has 0 saturated heterocycles. The second kappa shape index (κ2) is 9.27. The van der Waals surface area contributed by atoms with Gasteiger partial charge in [0, 0.05) is 17.3 Å². The predicted octanol–water partition coefficient (Wildman–Crippen LogP) is 5.03. The number of fused-ring (bicyclic) bond motifs is 1. The van der Waals surface area contributed by atoms with Crippen molar-refractivity contribution >= 4 is 27.3 Å². The molecule has 0 saturated carbocycles. The zero-order valence-corrected chi connectivity index (χ0v) is 19.8. The van der Waals surface area contributed by atoms with Crippen molar-refractivity contribution in [1.82, 2.24) is 0 Å². The van der Waals surface area contributed by atoms with E-state index in [0.29, 0.717) is 23.4 Å². The van der Waals surface area contributed by atoms with Gasteiger partial charge in [-0.25, -0.2) is 8.42 Å². The van der Waals surface area contributed by atoms with E-state index in [0.717, 1.165) is 11.3 Å². The van der Waals surface area contributed by atoms with Crippen LogP contribution in [-0.4, -0.2) is 33.2 Å². The largest absolute Gasteiger partial charge is 0.497 e. The first-order valence-corrected chi connectivity index (χ1v) is 12.6. The van der Waals surface area contributed by atoms with Crippen LogP contribution in [0.5, 0.6) is 5.75 Å². The van der Waals surface area contributed by atoms with Gasteiger partial charge in [0.2, 0.25) is 10.0 Å². The van der Waals surface area contributed by atoms with Crippen LogP contribution in [0.1, 0.15) is 42.2 Å². The molecule has 2 unspecified atom stereocenters. The third kappa shape index (κ3) is 4.33. The molecule has 6 nitrogen and oxygen atoms in total. The zero-order chi connectivity index (χ0) is 23.6. The van der Waals surface area contributed by atoms with Crippen molar-refractivity contribution in [1.29, 1.82) is 0 Å². The highest BCUT2D eigenvalue weighted by Crippen LogP contribution is 2.43. The second-order valence-corrected chi connectivity index (χ2v) is 10.2. The number of para-hydroxylation sites is 2. The molecule has 0 fully saturated rings. The van der Waals surface area contributed by atoms with Crippen molar-refractivity contribution in [3.63, 3.8) is 0 Å². The molecule has 0 spiro atoms. The van der Waals surface area contributed by atoms with Crippen LogP contribution < -0.4 is 13.9 Å². The van der Waals surface area contributed by atoms with Crippen molar-refractivity contribution in [3.05, 3.63) is 90.0 Å². The van der Waals surface area contributed by atoms with Gasteiger partial charge in [-0.3, -0.25) is 9.10 Å². The van der Waals surface area contributed by atoms with Crippen molar-refractivity contribution < 1.29 is 17.9 Å². The number of rotatable bonds is 6. The highest BCUT2D eigenvalue weighted by Gasteiger charge is 2.40. The van der Waals surface area contributed by atoms with Crippen LogP contribution in [0.25, 0.3) is 0 Å². The van der Waals surface area contributed by atoms with Crippen LogP contribution in [0.4, 0.5) is 11.4 Å². The van der Waals surface area contributed by atoms with E-state index in [9.17, 15) is 13.2 Å². The van der Waals surface area contributed by atoms with E-state index in [2.05, 4.69) is 0 Å². The molecule has 1 aliphatic heterocycles. The molecule has 1 aliphatic rings. The van der Waals surface area contributed by atoms with E-state index in [1.54, 1.807) is 43.2 Å². The summed E-state index contributed by atoms with van der Waals surface area (Å²) in [7, 11) is -2.00. The average Bonchev–Trinajstić information content (AvgIpc) is 2.84. The van der Waals surface area contributed by atoms with Gasteiger partial charge >= 0.3 is 0 Å². The maximum atomic E-state index is 13.6. The molecule has 1 amide bonds. The molecule has 1 heterocycles. The number of carbonyl (C=O) groups excluding carboxylic acids is 1. The standard InChI is InChI=1S/C26H28N2O4S/c1-4-33(30,31)28(21-12-6-5-7-13-21)25-17-19(2)27(24-16-9-8-15-23(24)25)26(29)20-11-10-14-22(18-20)32-3/h5-16,18-19,25H,4,17H2,1-3H3. The predicted molar refractivity (Wildman–Crippen MR) is 131 cm³/mol. The first-order valence-electron chi connectivity index (χ1n) is 11.0. The molecule has 4 rings (SSSR count). The first-order chi connectivity index (χ1) is 15.9. The van der Waals surface area contributed by atoms with Crippen LogP contribution >= 0.6 is 0 Å². The van der Waals surface area contributed by atoms with E-state index in [4.69, 9.17) is 4.74 Å². The Morgan fingerprint density at radius 1 is 1.03 bits per heavy atom. The van der Waals surface area contributed by atoms with Crippen LogP contribution in [0, 0.1) is 0 Å². The number of amides is 1. The number of nitrogens with zero attached hydrogens (tertiary/aromatic N) is 2. The molecule has 0 radical (unpaired) electrons. The van der Waals surface area contributed by atoms with Crippen molar-refractivity contribution in [3.8, 4) is 5.75 Å². The Morgan fingerprint density at radius 3 is 2.42 bits per heavy atom. The molecule has 0 aliphatic carbocycles. The summed E-state index contributed by atoms with van der Waals surface area (Å²) in [4.78, 5) is 15.3. The van der Waals surface area contributed by atoms with E-state index < -0.39 is 16.1 Å². The lowest BCUT2D eigenvalue weighted by Gasteiger charge is -2.43. The summed E-state index contributed by atoms with van der Waals surface area (Å²) in [5.41, 5.74) is 2.68. The number of benzene rings is 3. The van der Waals surface area contributed by atoms with Gasteiger partial charge < -0.3 is 9.64 Å². The highest BCUT2D eigenvalue weighted by molar-refractivity contribution is 7.92. The van der Waals surface area contributed by atoms with Gasteiger partial charge in [-0.2, -0.15) is 0 Å². The number of ether oxygens (including phenoxy) is 1. The summed E-state index contributed by atoms with van der Waals surface area (Å²) < 4.78 is 33.3. The minimum absolute atomic E-state index is 0.0125. The lowest BCUT2D eigenvalue weighted by atomic mass is 9.90. The Kier molecular flexibility index (Phi) is 6.42. The Morgan fingerprint density at radius 2 is 1.73 bits per heavy atom. The molecule has 3 aromatic rings. The number of sulfonamides is 1. The molecule has 7 heteroatoms. The quantitative estimate of drug-likeness (QED) is 0.513. The molecular weight excluding hydrogens is 436 g/mol. The zero-order valence-electron chi connectivity index (χ0n) is 19.0. The fourth-order valence-corrected chi connectivity index (χ4v) is 5.77. The molecule has 0 N–H and O–H groups in total. The lowest BCUT2D eigenvalue weighted by Crippen LogP contribution is -2.48. The van der Waals surface area contributed by atoms with E-state index in [1.165, 1.54) is 4.31 Å². The van der Waals surface area contributed by atoms with Crippen LogP contribution in [0.15, 0.2) is 78.9 Å². The smallest absolute Gasteiger partial charge is 0.258 e. The van der Waals surface area contributed by atoms with E-state index in [-0.39, 0.29) is 17.7 Å².